The molecule has 28 heavy (non-hydrogen) atoms. The van der Waals surface area contributed by atoms with E-state index in [0.717, 1.165) is 24.2 Å². The maximum Gasteiger partial charge on any atom is 0.242 e. The van der Waals surface area contributed by atoms with E-state index in [2.05, 4.69) is 17.4 Å². The van der Waals surface area contributed by atoms with Crippen molar-refractivity contribution in [2.75, 3.05) is 6.61 Å². The highest BCUT2D eigenvalue weighted by Gasteiger charge is 2.22. The number of aliphatic hydroxyl groups excluding tert-OH is 1. The normalized spacial score (nSPS) is 12.8. The van der Waals surface area contributed by atoms with Crippen LogP contribution in [0.25, 0.3) is 11.1 Å². The Labute approximate surface area is 165 Å². The Bertz CT molecular complexity index is 745. The molecule has 0 saturated heterocycles. The second kappa shape index (κ2) is 11.1. The molecule has 0 heterocycles. The van der Waals surface area contributed by atoms with E-state index in [0.29, 0.717) is 13.0 Å². The van der Waals surface area contributed by atoms with Gasteiger partial charge >= 0.3 is 0 Å². The molecule has 0 aliphatic carbocycles. The minimum absolute atomic E-state index is 0.280. The van der Waals surface area contributed by atoms with Crippen molar-refractivity contribution < 1.29 is 19.4 Å². The van der Waals surface area contributed by atoms with E-state index in [1.807, 2.05) is 42.5 Å². The lowest BCUT2D eigenvalue weighted by Gasteiger charge is -2.17. The number of primary amides is 1. The molecule has 6 heteroatoms. The van der Waals surface area contributed by atoms with Gasteiger partial charge in [-0.2, -0.15) is 0 Å². The summed E-state index contributed by atoms with van der Waals surface area (Å²) in [6, 6.07) is 17.1. The second-order valence-corrected chi connectivity index (χ2v) is 6.74. The number of carbonyl (C=O) groups excluding carboxylic acids is 2. The van der Waals surface area contributed by atoms with E-state index in [-0.39, 0.29) is 12.3 Å². The fourth-order valence-corrected chi connectivity index (χ4v) is 2.80. The molecule has 2 rings (SSSR count). The first-order valence-corrected chi connectivity index (χ1v) is 9.52. The SMILES string of the molecule is CC(O)C(NC(=O)CCCCCOc1ccc(-c2ccccc2)cc1)C(N)=O. The summed E-state index contributed by atoms with van der Waals surface area (Å²) in [5, 5.41) is 11.9. The van der Waals surface area contributed by atoms with E-state index < -0.39 is 18.1 Å². The summed E-state index contributed by atoms with van der Waals surface area (Å²) in [5.41, 5.74) is 7.46. The van der Waals surface area contributed by atoms with Crippen LogP contribution in [0.2, 0.25) is 0 Å². The quantitative estimate of drug-likeness (QED) is 0.518. The Hall–Kier alpha value is -2.86. The Morgan fingerprint density at radius 2 is 1.64 bits per heavy atom. The first-order chi connectivity index (χ1) is 13.5. The van der Waals surface area contributed by atoms with E-state index in [1.165, 1.54) is 12.5 Å². The number of nitrogens with one attached hydrogen (secondary N) is 1. The number of hydrogen-bond acceptors (Lipinski definition) is 4. The molecule has 0 bridgehead atoms. The van der Waals surface area contributed by atoms with Gasteiger partial charge in [-0.25, -0.2) is 0 Å². The van der Waals surface area contributed by atoms with Gasteiger partial charge in [0.15, 0.2) is 0 Å². The Morgan fingerprint density at radius 1 is 1.00 bits per heavy atom. The van der Waals surface area contributed by atoms with Gasteiger partial charge in [0, 0.05) is 6.42 Å². The van der Waals surface area contributed by atoms with Gasteiger partial charge in [0.1, 0.15) is 11.8 Å². The first-order valence-electron chi connectivity index (χ1n) is 9.52. The summed E-state index contributed by atoms with van der Waals surface area (Å²) in [6.45, 7) is 1.99. The summed E-state index contributed by atoms with van der Waals surface area (Å²) < 4.78 is 5.74. The van der Waals surface area contributed by atoms with Crippen LogP contribution in [0.5, 0.6) is 5.75 Å². The Kier molecular flexibility index (Phi) is 8.49. The van der Waals surface area contributed by atoms with Crippen molar-refractivity contribution in [1.82, 2.24) is 5.32 Å². The number of carbonyl (C=O) groups is 2. The smallest absolute Gasteiger partial charge is 0.242 e. The third-order valence-corrected chi connectivity index (χ3v) is 4.38. The van der Waals surface area contributed by atoms with Crippen LogP contribution < -0.4 is 15.8 Å². The van der Waals surface area contributed by atoms with Gasteiger partial charge in [-0.15, -0.1) is 0 Å². The lowest BCUT2D eigenvalue weighted by Crippen LogP contribution is -2.50. The number of rotatable bonds is 11. The Balaban J connectivity index is 1.63. The molecule has 2 amide bonds. The highest BCUT2D eigenvalue weighted by atomic mass is 16.5. The molecule has 0 fully saturated rings. The molecule has 0 spiro atoms. The van der Waals surface area contributed by atoms with Crippen LogP contribution in [0.15, 0.2) is 54.6 Å². The minimum atomic E-state index is -1.05. The average molecular weight is 384 g/mol. The van der Waals surface area contributed by atoms with Gasteiger partial charge in [-0.3, -0.25) is 9.59 Å². The molecule has 6 nitrogen and oxygen atoms in total. The molecular weight excluding hydrogens is 356 g/mol. The fourth-order valence-electron chi connectivity index (χ4n) is 2.80. The van der Waals surface area contributed by atoms with Gasteiger partial charge in [0.2, 0.25) is 11.8 Å². The largest absolute Gasteiger partial charge is 0.494 e. The van der Waals surface area contributed by atoms with Crippen LogP contribution >= 0.6 is 0 Å². The molecule has 2 aromatic carbocycles. The van der Waals surface area contributed by atoms with E-state index in [9.17, 15) is 14.7 Å². The predicted molar refractivity (Wildman–Crippen MR) is 109 cm³/mol. The van der Waals surface area contributed by atoms with Crippen molar-refractivity contribution >= 4 is 11.8 Å². The van der Waals surface area contributed by atoms with Gasteiger partial charge in [0.25, 0.3) is 0 Å². The van der Waals surface area contributed by atoms with Gasteiger partial charge in [-0.1, -0.05) is 42.5 Å². The highest BCUT2D eigenvalue weighted by Crippen LogP contribution is 2.22. The van der Waals surface area contributed by atoms with Gasteiger partial charge in [0.05, 0.1) is 12.7 Å². The molecule has 2 atom stereocenters. The third-order valence-electron chi connectivity index (χ3n) is 4.38. The summed E-state index contributed by atoms with van der Waals surface area (Å²) in [7, 11) is 0. The van der Waals surface area contributed by atoms with Crippen molar-refractivity contribution in [2.45, 2.75) is 44.8 Å². The zero-order valence-corrected chi connectivity index (χ0v) is 16.1. The maximum absolute atomic E-state index is 11.8. The van der Waals surface area contributed by atoms with Crippen LogP contribution in [-0.4, -0.2) is 35.7 Å². The van der Waals surface area contributed by atoms with E-state index >= 15 is 0 Å². The molecular formula is C22H28N2O4. The number of nitrogens with two attached hydrogens (primary N) is 1. The van der Waals surface area contributed by atoms with Crippen LogP contribution in [0.4, 0.5) is 0 Å². The van der Waals surface area contributed by atoms with Gasteiger partial charge < -0.3 is 20.9 Å². The van der Waals surface area contributed by atoms with Gasteiger partial charge in [-0.05, 0) is 49.4 Å². The first kappa shape index (κ1) is 21.4. The molecule has 0 aliphatic rings. The van der Waals surface area contributed by atoms with Crippen LogP contribution in [0.3, 0.4) is 0 Å². The number of ether oxygens (including phenoxy) is 1. The standard InChI is InChI=1S/C22H28N2O4/c1-16(25)21(22(23)27)24-20(26)10-6-3-7-15-28-19-13-11-18(12-14-19)17-8-4-2-5-9-17/h2,4-5,8-9,11-14,16,21,25H,3,6-7,10,15H2,1H3,(H2,23,27)(H,24,26). The maximum atomic E-state index is 11.8. The van der Waals surface area contributed by atoms with Crippen LogP contribution in [0.1, 0.15) is 32.6 Å². The lowest BCUT2D eigenvalue weighted by molar-refractivity contribution is -0.129. The van der Waals surface area contributed by atoms with Crippen molar-refractivity contribution in [3.05, 3.63) is 54.6 Å². The zero-order valence-electron chi connectivity index (χ0n) is 16.1. The average Bonchev–Trinajstić information content (AvgIpc) is 2.69. The van der Waals surface area contributed by atoms with Crippen molar-refractivity contribution in [1.29, 1.82) is 0 Å². The molecule has 0 radical (unpaired) electrons. The Morgan fingerprint density at radius 3 is 2.25 bits per heavy atom. The molecule has 0 aliphatic heterocycles. The number of aliphatic hydroxyl groups is 1. The summed E-state index contributed by atoms with van der Waals surface area (Å²) in [6.07, 6.45) is 1.59. The summed E-state index contributed by atoms with van der Waals surface area (Å²) >= 11 is 0. The molecule has 2 aromatic rings. The zero-order chi connectivity index (χ0) is 20.4. The van der Waals surface area contributed by atoms with Crippen LogP contribution in [-0.2, 0) is 9.59 Å². The topological polar surface area (TPSA) is 102 Å². The third kappa shape index (κ3) is 7.04. The minimum Gasteiger partial charge on any atom is -0.494 e. The van der Waals surface area contributed by atoms with E-state index in [4.69, 9.17) is 10.5 Å². The fraction of sp³-hybridized carbons (Fsp3) is 0.364. The highest BCUT2D eigenvalue weighted by molar-refractivity contribution is 5.87. The van der Waals surface area contributed by atoms with E-state index in [1.54, 1.807) is 0 Å². The van der Waals surface area contributed by atoms with Crippen molar-refractivity contribution in [3.8, 4) is 16.9 Å². The monoisotopic (exact) mass is 384 g/mol. The number of amides is 2. The predicted octanol–water partition coefficient (Wildman–Crippen LogP) is 2.64. The lowest BCUT2D eigenvalue weighted by atomic mass is 10.1. The second-order valence-electron chi connectivity index (χ2n) is 6.74. The number of benzene rings is 2. The van der Waals surface area contributed by atoms with Crippen molar-refractivity contribution in [2.24, 2.45) is 5.73 Å². The molecule has 4 N–H and O–H groups in total. The molecule has 0 aromatic heterocycles. The van der Waals surface area contributed by atoms with Crippen molar-refractivity contribution in [3.63, 3.8) is 0 Å². The molecule has 150 valence electrons. The number of hydrogen-bond donors (Lipinski definition) is 3. The molecule has 0 saturated carbocycles. The summed E-state index contributed by atoms with van der Waals surface area (Å²) in [4.78, 5) is 23.0. The summed E-state index contributed by atoms with van der Waals surface area (Å²) in [5.74, 6) is -0.212. The number of unbranched alkanes of at least 4 members (excludes halogenated alkanes) is 2. The van der Waals surface area contributed by atoms with Crippen LogP contribution in [0, 0.1) is 0 Å². The molecule has 2 unspecified atom stereocenters.